The van der Waals surface area contributed by atoms with Crippen molar-refractivity contribution < 1.29 is 4.79 Å². The number of amides is 1. The summed E-state index contributed by atoms with van der Waals surface area (Å²) in [6, 6.07) is 0.553. The van der Waals surface area contributed by atoms with Crippen LogP contribution >= 0.6 is 0 Å². The van der Waals surface area contributed by atoms with E-state index in [0.29, 0.717) is 6.04 Å². The van der Waals surface area contributed by atoms with Gasteiger partial charge in [-0.15, -0.1) is 0 Å². The summed E-state index contributed by atoms with van der Waals surface area (Å²) in [5, 5.41) is 6.37. The highest BCUT2D eigenvalue weighted by molar-refractivity contribution is 5.85. The van der Waals surface area contributed by atoms with E-state index in [0.717, 1.165) is 12.5 Å². The van der Waals surface area contributed by atoms with E-state index in [9.17, 15) is 4.79 Å². The molecule has 0 atom stereocenters. The van der Waals surface area contributed by atoms with Gasteiger partial charge in [-0.25, -0.2) is 4.99 Å². The van der Waals surface area contributed by atoms with Crippen LogP contribution < -0.4 is 10.6 Å². The van der Waals surface area contributed by atoms with Gasteiger partial charge >= 0.3 is 0 Å². The highest BCUT2D eigenvalue weighted by Gasteiger charge is 2.22. The Labute approximate surface area is 90.9 Å². The smallest absolute Gasteiger partial charge is 0.243 e. The van der Waals surface area contributed by atoms with E-state index < -0.39 is 0 Å². The summed E-state index contributed by atoms with van der Waals surface area (Å²) in [6.45, 7) is 3.03. The maximum absolute atomic E-state index is 11.3. The van der Waals surface area contributed by atoms with Crippen molar-refractivity contribution in [2.24, 2.45) is 4.99 Å². The second-order valence-corrected chi connectivity index (χ2v) is 3.90. The van der Waals surface area contributed by atoms with Gasteiger partial charge in [0.05, 0.1) is 0 Å². The Kier molecular flexibility index (Phi) is 4.39. The van der Waals surface area contributed by atoms with Crippen molar-refractivity contribution in [3.8, 4) is 0 Å². The van der Waals surface area contributed by atoms with Crippen LogP contribution in [0.25, 0.3) is 0 Å². The number of nitrogens with zero attached hydrogens (tertiary/aromatic N) is 2. The second kappa shape index (κ2) is 5.58. The molecule has 1 rings (SSSR count). The SMILES string of the molecule is CCNC(=NCC(=O)N(C)C)NC1CC1. The third-order valence-corrected chi connectivity index (χ3v) is 2.13. The Morgan fingerprint density at radius 2 is 2.13 bits per heavy atom. The minimum Gasteiger partial charge on any atom is -0.357 e. The number of carbonyl (C=O) groups is 1. The first-order valence-electron chi connectivity index (χ1n) is 5.38. The monoisotopic (exact) mass is 212 g/mol. The van der Waals surface area contributed by atoms with E-state index in [4.69, 9.17) is 0 Å². The summed E-state index contributed by atoms with van der Waals surface area (Å²) in [5.41, 5.74) is 0. The van der Waals surface area contributed by atoms with Gasteiger partial charge in [0.1, 0.15) is 6.54 Å². The zero-order chi connectivity index (χ0) is 11.3. The summed E-state index contributed by atoms with van der Waals surface area (Å²) < 4.78 is 0. The Morgan fingerprint density at radius 1 is 1.47 bits per heavy atom. The molecule has 0 aliphatic heterocycles. The van der Waals surface area contributed by atoms with Crippen LogP contribution in [0.15, 0.2) is 4.99 Å². The van der Waals surface area contributed by atoms with Crippen LogP contribution in [0.4, 0.5) is 0 Å². The van der Waals surface area contributed by atoms with Gasteiger partial charge in [0.25, 0.3) is 0 Å². The summed E-state index contributed by atoms with van der Waals surface area (Å²) >= 11 is 0. The molecule has 0 heterocycles. The lowest BCUT2D eigenvalue weighted by Crippen LogP contribution is -2.39. The molecule has 2 N–H and O–H groups in total. The van der Waals surface area contributed by atoms with E-state index >= 15 is 0 Å². The van der Waals surface area contributed by atoms with Crippen LogP contribution in [-0.4, -0.2) is 50.0 Å². The molecule has 0 radical (unpaired) electrons. The van der Waals surface area contributed by atoms with Crippen LogP contribution in [0.2, 0.25) is 0 Å². The van der Waals surface area contributed by atoms with Crippen molar-refractivity contribution in [3.63, 3.8) is 0 Å². The molecule has 5 nitrogen and oxygen atoms in total. The lowest BCUT2D eigenvalue weighted by molar-refractivity contribution is -0.127. The summed E-state index contributed by atoms with van der Waals surface area (Å²) in [6.07, 6.45) is 2.40. The number of carbonyl (C=O) groups excluding carboxylic acids is 1. The molecule has 0 aromatic heterocycles. The molecule has 86 valence electrons. The molecule has 15 heavy (non-hydrogen) atoms. The Bertz CT molecular complexity index is 246. The molecule has 0 bridgehead atoms. The molecule has 0 aromatic carbocycles. The molecule has 1 aliphatic rings. The molecule has 0 saturated heterocycles. The summed E-state index contributed by atoms with van der Waals surface area (Å²) in [7, 11) is 3.47. The number of hydrogen-bond acceptors (Lipinski definition) is 2. The largest absolute Gasteiger partial charge is 0.357 e. The molecule has 0 unspecified atom stereocenters. The lowest BCUT2D eigenvalue weighted by Gasteiger charge is -2.11. The van der Waals surface area contributed by atoms with Crippen LogP contribution in [0, 0.1) is 0 Å². The topological polar surface area (TPSA) is 56.7 Å². The van der Waals surface area contributed by atoms with Crippen molar-refractivity contribution in [2.45, 2.75) is 25.8 Å². The van der Waals surface area contributed by atoms with Crippen LogP contribution in [-0.2, 0) is 4.79 Å². The number of likely N-dealkylation sites (N-methyl/N-ethyl adjacent to an activating group) is 1. The lowest BCUT2D eigenvalue weighted by atomic mass is 10.5. The highest BCUT2D eigenvalue weighted by atomic mass is 16.2. The van der Waals surface area contributed by atoms with E-state index in [-0.39, 0.29) is 12.5 Å². The van der Waals surface area contributed by atoms with Gasteiger partial charge < -0.3 is 15.5 Å². The minimum absolute atomic E-state index is 0.0167. The predicted molar refractivity (Wildman–Crippen MR) is 60.8 cm³/mol. The average Bonchev–Trinajstić information content (AvgIpc) is 2.97. The van der Waals surface area contributed by atoms with Crippen LogP contribution in [0.5, 0.6) is 0 Å². The summed E-state index contributed by atoms with van der Waals surface area (Å²) in [4.78, 5) is 17.1. The predicted octanol–water partition coefficient (Wildman–Crippen LogP) is -0.208. The molecule has 1 amide bonds. The fraction of sp³-hybridized carbons (Fsp3) is 0.800. The molecule has 0 aromatic rings. The number of hydrogen-bond donors (Lipinski definition) is 2. The number of aliphatic imine (C=N–C) groups is 1. The minimum atomic E-state index is 0.0167. The summed E-state index contributed by atoms with van der Waals surface area (Å²) in [5.74, 6) is 0.762. The van der Waals surface area contributed by atoms with Crippen LogP contribution in [0.3, 0.4) is 0 Å². The van der Waals surface area contributed by atoms with E-state index in [2.05, 4.69) is 15.6 Å². The first-order chi connectivity index (χ1) is 7.13. The van der Waals surface area contributed by atoms with Crippen molar-refractivity contribution in [2.75, 3.05) is 27.2 Å². The molecular formula is C10H20N4O. The van der Waals surface area contributed by atoms with Gasteiger partial charge in [-0.2, -0.15) is 0 Å². The van der Waals surface area contributed by atoms with Crippen molar-refractivity contribution in [1.82, 2.24) is 15.5 Å². The average molecular weight is 212 g/mol. The third kappa shape index (κ3) is 4.67. The molecule has 1 saturated carbocycles. The Morgan fingerprint density at radius 3 is 2.60 bits per heavy atom. The maximum Gasteiger partial charge on any atom is 0.243 e. The molecule has 1 aliphatic carbocycles. The number of rotatable bonds is 4. The Hall–Kier alpha value is -1.26. The Balaban J connectivity index is 2.38. The normalized spacial score (nSPS) is 16.1. The first-order valence-corrected chi connectivity index (χ1v) is 5.38. The van der Waals surface area contributed by atoms with Gasteiger partial charge in [0.15, 0.2) is 5.96 Å². The highest BCUT2D eigenvalue weighted by Crippen LogP contribution is 2.18. The van der Waals surface area contributed by atoms with Crippen molar-refractivity contribution in [1.29, 1.82) is 0 Å². The second-order valence-electron chi connectivity index (χ2n) is 3.90. The number of nitrogens with one attached hydrogen (secondary N) is 2. The zero-order valence-electron chi connectivity index (χ0n) is 9.71. The standard InChI is InChI=1S/C10H20N4O/c1-4-11-10(13-8-5-6-8)12-7-9(15)14(2)3/h8H,4-7H2,1-3H3,(H2,11,12,13). The third-order valence-electron chi connectivity index (χ3n) is 2.13. The molecular weight excluding hydrogens is 192 g/mol. The maximum atomic E-state index is 11.3. The van der Waals surface area contributed by atoms with Gasteiger partial charge in [-0.1, -0.05) is 0 Å². The van der Waals surface area contributed by atoms with Gasteiger partial charge in [-0.05, 0) is 19.8 Å². The molecule has 1 fully saturated rings. The molecule has 5 heteroatoms. The first kappa shape index (κ1) is 11.8. The van der Waals surface area contributed by atoms with Gasteiger partial charge in [0, 0.05) is 26.7 Å². The molecule has 0 spiro atoms. The van der Waals surface area contributed by atoms with E-state index in [1.807, 2.05) is 6.92 Å². The van der Waals surface area contributed by atoms with E-state index in [1.54, 1.807) is 19.0 Å². The number of guanidine groups is 1. The van der Waals surface area contributed by atoms with E-state index in [1.165, 1.54) is 12.8 Å². The fourth-order valence-electron chi connectivity index (χ4n) is 1.03. The van der Waals surface area contributed by atoms with Gasteiger partial charge in [-0.3, -0.25) is 4.79 Å². The van der Waals surface area contributed by atoms with Crippen molar-refractivity contribution in [3.05, 3.63) is 0 Å². The zero-order valence-corrected chi connectivity index (χ0v) is 9.71. The van der Waals surface area contributed by atoms with Crippen LogP contribution in [0.1, 0.15) is 19.8 Å². The fourth-order valence-corrected chi connectivity index (χ4v) is 1.03. The van der Waals surface area contributed by atoms with Crippen molar-refractivity contribution >= 4 is 11.9 Å². The van der Waals surface area contributed by atoms with Gasteiger partial charge in [0.2, 0.25) is 5.91 Å². The quantitative estimate of drug-likeness (QED) is 0.501.